The molecule has 4 aliphatic heterocycles. The number of nitrogens with zero attached hydrogens (tertiary/aromatic N) is 2. The van der Waals surface area contributed by atoms with E-state index in [2.05, 4.69) is 49.6 Å². The summed E-state index contributed by atoms with van der Waals surface area (Å²) in [5.41, 5.74) is 0.665. The molecule has 4 saturated heterocycles. The van der Waals surface area contributed by atoms with Crippen molar-refractivity contribution in [2.75, 3.05) is 13.1 Å². The Bertz CT molecular complexity index is 733. The molecule has 31 heavy (non-hydrogen) atoms. The van der Waals surface area contributed by atoms with E-state index in [1.807, 2.05) is 0 Å². The number of hydrogen-bond acceptors (Lipinski definition) is 2. The van der Waals surface area contributed by atoms with Gasteiger partial charge in [0, 0.05) is 36.3 Å². The van der Waals surface area contributed by atoms with Crippen LogP contribution in [-0.4, -0.2) is 52.2 Å². The van der Waals surface area contributed by atoms with Crippen LogP contribution in [-0.2, 0) is 0 Å². The molecule has 0 aromatic heterocycles. The highest BCUT2D eigenvalue weighted by Gasteiger charge is 2.63. The number of halogens is 1. The molecule has 0 spiro atoms. The molecule has 0 bridgehead atoms. The maximum atomic E-state index is 14.6. The molecule has 5 unspecified atom stereocenters. The van der Waals surface area contributed by atoms with Gasteiger partial charge in [-0.15, -0.1) is 0 Å². The summed E-state index contributed by atoms with van der Waals surface area (Å²) in [6, 6.07) is 1.48. The second-order valence-corrected chi connectivity index (χ2v) is 13.5. The fourth-order valence-corrected chi connectivity index (χ4v) is 10.3. The Kier molecular flexibility index (Phi) is 4.97. The van der Waals surface area contributed by atoms with Gasteiger partial charge in [-0.05, 0) is 93.3 Å². The van der Waals surface area contributed by atoms with Crippen LogP contribution in [0, 0.1) is 35.5 Å². The molecule has 6 rings (SSSR count). The molecular weight excluding hydrogens is 383 g/mol. The van der Waals surface area contributed by atoms with Crippen LogP contribution < -0.4 is 0 Å². The lowest BCUT2D eigenvalue weighted by Crippen LogP contribution is -2.43. The second kappa shape index (κ2) is 7.29. The highest BCUT2D eigenvalue weighted by molar-refractivity contribution is 5.21. The summed E-state index contributed by atoms with van der Waals surface area (Å²) < 4.78 is 14.6. The Balaban J connectivity index is 1.23. The summed E-state index contributed by atoms with van der Waals surface area (Å²) >= 11 is 0. The van der Waals surface area contributed by atoms with Crippen molar-refractivity contribution in [3.63, 3.8) is 0 Å². The van der Waals surface area contributed by atoms with Gasteiger partial charge in [-0.1, -0.05) is 39.8 Å². The zero-order valence-electron chi connectivity index (χ0n) is 20.4. The molecule has 2 nitrogen and oxygen atoms in total. The van der Waals surface area contributed by atoms with E-state index in [4.69, 9.17) is 0 Å². The molecular formula is C28H45FN2. The summed E-state index contributed by atoms with van der Waals surface area (Å²) in [4.78, 5) is 5.73. The lowest BCUT2D eigenvalue weighted by molar-refractivity contribution is 0.123. The molecule has 0 amide bonds. The van der Waals surface area contributed by atoms with E-state index >= 15 is 0 Å². The van der Waals surface area contributed by atoms with E-state index in [0.29, 0.717) is 17.5 Å². The third-order valence-corrected chi connectivity index (χ3v) is 10.6. The topological polar surface area (TPSA) is 6.48 Å². The first-order chi connectivity index (χ1) is 14.8. The quantitative estimate of drug-likeness (QED) is 0.490. The average molecular weight is 429 g/mol. The van der Waals surface area contributed by atoms with Gasteiger partial charge in [0.05, 0.1) is 0 Å². The number of alkyl halides is 1. The normalized spacial score (nSPS) is 51.3. The van der Waals surface area contributed by atoms with Crippen molar-refractivity contribution in [2.24, 2.45) is 35.5 Å². The standard InChI is InChI=1S/C28H45FN2/c1-18(2)10-27-12-20-6-5-7-25(20)30(27)16-21(13-27)23-8-9-26-24(23)15-28(11-19(3)4)14-22(29)17-31(26)28/h5-6,18-26H,7-17H2,1-4H3/t20?,21?,22-,23?,24-,25?,26+,27?,28-/m0/s1. The Morgan fingerprint density at radius 3 is 2.29 bits per heavy atom. The SMILES string of the molecule is CC(C)CC12CC3C=CCC3N1CC(C1CC[C@@H]3[C@H]1C[C@]1(CC(C)C)C[C@H](F)CN31)C2. The van der Waals surface area contributed by atoms with Crippen molar-refractivity contribution in [1.82, 2.24) is 9.80 Å². The summed E-state index contributed by atoms with van der Waals surface area (Å²) in [6.07, 6.45) is 16.0. The summed E-state index contributed by atoms with van der Waals surface area (Å²) in [5, 5.41) is 0. The predicted molar refractivity (Wildman–Crippen MR) is 126 cm³/mol. The fraction of sp³-hybridized carbons (Fsp3) is 0.929. The maximum absolute atomic E-state index is 14.6. The van der Waals surface area contributed by atoms with E-state index in [0.717, 1.165) is 48.6 Å². The van der Waals surface area contributed by atoms with Gasteiger partial charge in [0.1, 0.15) is 6.17 Å². The molecule has 0 aromatic rings. The van der Waals surface area contributed by atoms with E-state index in [-0.39, 0.29) is 5.54 Å². The van der Waals surface area contributed by atoms with Crippen molar-refractivity contribution in [2.45, 2.75) is 115 Å². The molecule has 0 N–H and O–H groups in total. The zero-order chi connectivity index (χ0) is 21.5. The molecule has 6 aliphatic rings. The first-order valence-electron chi connectivity index (χ1n) is 13.6. The van der Waals surface area contributed by atoms with E-state index in [9.17, 15) is 4.39 Å². The Labute approximate surface area is 190 Å². The minimum absolute atomic E-state index is 0.187. The molecule has 0 radical (unpaired) electrons. The van der Waals surface area contributed by atoms with Crippen LogP contribution in [0.3, 0.4) is 0 Å². The van der Waals surface area contributed by atoms with Gasteiger partial charge in [-0.25, -0.2) is 4.39 Å². The van der Waals surface area contributed by atoms with Gasteiger partial charge in [-0.3, -0.25) is 9.80 Å². The number of hydrogen-bond donors (Lipinski definition) is 0. The monoisotopic (exact) mass is 428 g/mol. The van der Waals surface area contributed by atoms with Gasteiger partial charge in [0.25, 0.3) is 0 Å². The Hall–Kier alpha value is -0.410. The molecule has 9 atom stereocenters. The van der Waals surface area contributed by atoms with Crippen molar-refractivity contribution in [3.05, 3.63) is 12.2 Å². The third kappa shape index (κ3) is 3.15. The molecule has 174 valence electrons. The minimum Gasteiger partial charge on any atom is -0.293 e. The summed E-state index contributed by atoms with van der Waals surface area (Å²) in [5.74, 6) is 4.89. The Morgan fingerprint density at radius 2 is 1.55 bits per heavy atom. The lowest BCUT2D eigenvalue weighted by atomic mass is 9.72. The van der Waals surface area contributed by atoms with Crippen LogP contribution in [0.25, 0.3) is 0 Å². The van der Waals surface area contributed by atoms with Crippen LogP contribution >= 0.6 is 0 Å². The lowest BCUT2D eigenvalue weighted by Gasteiger charge is -2.36. The fourth-order valence-electron chi connectivity index (χ4n) is 10.3. The van der Waals surface area contributed by atoms with Crippen LogP contribution in [0.4, 0.5) is 4.39 Å². The predicted octanol–water partition coefficient (Wildman–Crippen LogP) is 6.07. The highest BCUT2D eigenvalue weighted by Crippen LogP contribution is 2.61. The largest absolute Gasteiger partial charge is 0.293 e. The van der Waals surface area contributed by atoms with Gasteiger partial charge >= 0.3 is 0 Å². The van der Waals surface area contributed by atoms with Crippen molar-refractivity contribution >= 4 is 0 Å². The smallest absolute Gasteiger partial charge is 0.115 e. The highest BCUT2D eigenvalue weighted by atomic mass is 19.1. The summed E-state index contributed by atoms with van der Waals surface area (Å²) in [7, 11) is 0. The van der Waals surface area contributed by atoms with E-state index in [1.54, 1.807) is 0 Å². The maximum Gasteiger partial charge on any atom is 0.115 e. The molecule has 1 saturated carbocycles. The summed E-state index contributed by atoms with van der Waals surface area (Å²) in [6.45, 7) is 11.6. The van der Waals surface area contributed by atoms with E-state index in [1.165, 1.54) is 57.9 Å². The molecule has 5 fully saturated rings. The zero-order valence-corrected chi connectivity index (χ0v) is 20.4. The van der Waals surface area contributed by atoms with Crippen molar-refractivity contribution in [1.29, 1.82) is 0 Å². The van der Waals surface area contributed by atoms with Gasteiger partial charge in [0.15, 0.2) is 0 Å². The van der Waals surface area contributed by atoms with Crippen LogP contribution in [0.2, 0.25) is 0 Å². The molecule has 3 heteroatoms. The van der Waals surface area contributed by atoms with Crippen molar-refractivity contribution < 1.29 is 4.39 Å². The average Bonchev–Trinajstić information content (AvgIpc) is 3.43. The molecule has 4 heterocycles. The van der Waals surface area contributed by atoms with E-state index < -0.39 is 6.17 Å². The third-order valence-electron chi connectivity index (χ3n) is 10.6. The second-order valence-electron chi connectivity index (χ2n) is 13.5. The Morgan fingerprint density at radius 1 is 0.839 bits per heavy atom. The minimum atomic E-state index is -0.586. The molecule has 2 aliphatic carbocycles. The van der Waals surface area contributed by atoms with Crippen LogP contribution in [0.5, 0.6) is 0 Å². The first kappa shape index (κ1) is 21.1. The van der Waals surface area contributed by atoms with Gasteiger partial charge in [0.2, 0.25) is 0 Å². The number of rotatable bonds is 5. The van der Waals surface area contributed by atoms with Crippen LogP contribution in [0.1, 0.15) is 85.5 Å². The molecule has 0 aromatic carbocycles. The van der Waals surface area contributed by atoms with Crippen LogP contribution in [0.15, 0.2) is 12.2 Å². The first-order valence-corrected chi connectivity index (χ1v) is 13.6. The number of fused-ring (bicyclic) bond motifs is 6. The van der Waals surface area contributed by atoms with Crippen molar-refractivity contribution in [3.8, 4) is 0 Å². The van der Waals surface area contributed by atoms with Gasteiger partial charge in [-0.2, -0.15) is 0 Å². The van der Waals surface area contributed by atoms with Gasteiger partial charge < -0.3 is 0 Å².